The Morgan fingerprint density at radius 1 is 1.40 bits per heavy atom. The van der Waals surface area contributed by atoms with Crippen molar-refractivity contribution in [2.24, 2.45) is 0 Å². The normalized spacial score (nSPS) is 9.85. The number of halogens is 1. The van der Waals surface area contributed by atoms with Gasteiger partial charge in [0.15, 0.2) is 10.9 Å². The Labute approximate surface area is 123 Å². The summed E-state index contributed by atoms with van der Waals surface area (Å²) in [4.78, 5) is 4.37. The third-order valence-corrected chi connectivity index (χ3v) is 3.01. The van der Waals surface area contributed by atoms with Crippen LogP contribution < -0.4 is 4.74 Å². The fraction of sp³-hybridized carbons (Fsp3) is 0.125. The molecule has 1 aromatic carbocycles. The molecule has 0 aliphatic heterocycles. The van der Waals surface area contributed by atoms with E-state index in [1.807, 2.05) is 49.4 Å². The largest absolute Gasteiger partial charge is 0.485 e. The van der Waals surface area contributed by atoms with E-state index in [1.165, 1.54) is 0 Å². The zero-order valence-electron chi connectivity index (χ0n) is 11.1. The van der Waals surface area contributed by atoms with E-state index in [2.05, 4.69) is 11.6 Å². The maximum Gasteiger partial charge on any atom is 0.171 e. The highest BCUT2D eigenvalue weighted by atomic mass is 35.5. The van der Waals surface area contributed by atoms with Crippen LogP contribution in [0.1, 0.15) is 5.56 Å². The summed E-state index contributed by atoms with van der Waals surface area (Å²) in [6, 6.07) is 13.5. The fourth-order valence-electron chi connectivity index (χ4n) is 1.75. The molecule has 0 saturated carbocycles. The fourth-order valence-corrected chi connectivity index (χ4v) is 1.95. The molecule has 4 heteroatoms. The number of rotatable bonds is 4. The van der Waals surface area contributed by atoms with Crippen LogP contribution in [0.15, 0.2) is 48.6 Å². The first kappa shape index (κ1) is 14.1. The molecule has 20 heavy (non-hydrogen) atoms. The van der Waals surface area contributed by atoms with Crippen molar-refractivity contribution < 1.29 is 4.74 Å². The number of hydrogen-bond donors (Lipinski definition) is 0. The molecule has 0 aliphatic carbocycles. The molecule has 0 N–H and O–H groups in total. The van der Waals surface area contributed by atoms with Gasteiger partial charge in [0.05, 0.1) is 17.3 Å². The van der Waals surface area contributed by atoms with Crippen LogP contribution in [0, 0.1) is 18.3 Å². The van der Waals surface area contributed by atoms with E-state index in [9.17, 15) is 0 Å². The second kappa shape index (κ2) is 6.23. The minimum absolute atomic E-state index is 0.113. The third kappa shape index (κ3) is 3.17. The molecule has 0 unspecified atom stereocenters. The van der Waals surface area contributed by atoms with Gasteiger partial charge in [-0.15, -0.1) is 0 Å². The van der Waals surface area contributed by atoms with Crippen LogP contribution in [0.4, 0.5) is 0 Å². The molecule has 0 radical (unpaired) electrons. The highest BCUT2D eigenvalue weighted by molar-refractivity contribution is 6.31. The van der Waals surface area contributed by atoms with Gasteiger partial charge in [0.2, 0.25) is 0 Å². The maximum absolute atomic E-state index is 8.65. The molecule has 0 aliphatic rings. The molecule has 1 heterocycles. The lowest BCUT2D eigenvalue weighted by Crippen LogP contribution is -2.01. The second-order valence-electron chi connectivity index (χ2n) is 4.31. The molecule has 0 fully saturated rings. The molecule has 0 bridgehead atoms. The number of pyridine rings is 1. The Bertz CT molecular complexity index is 675. The van der Waals surface area contributed by atoms with Gasteiger partial charge in [-0.1, -0.05) is 48.5 Å². The van der Waals surface area contributed by atoms with Crippen LogP contribution in [-0.4, -0.2) is 11.6 Å². The van der Waals surface area contributed by atoms with E-state index in [0.717, 1.165) is 16.8 Å². The molecule has 2 aromatic rings. The molecule has 2 rings (SSSR count). The standard InChI is InChI=1S/C16H13ClN2O/c1-11(9-18)10-20-14-8-12(2)15(19-16(14)17)13-6-4-3-5-7-13/h3-8H,1,10H2,2H3. The molecule has 0 atom stereocenters. The number of nitrogens with zero attached hydrogens (tertiary/aromatic N) is 2. The lowest BCUT2D eigenvalue weighted by molar-refractivity contribution is 0.355. The van der Waals surface area contributed by atoms with Gasteiger partial charge in [0, 0.05) is 5.56 Å². The second-order valence-corrected chi connectivity index (χ2v) is 4.67. The summed E-state index contributed by atoms with van der Waals surface area (Å²) >= 11 is 6.13. The number of ether oxygens (including phenoxy) is 1. The zero-order valence-corrected chi connectivity index (χ0v) is 11.8. The van der Waals surface area contributed by atoms with Gasteiger partial charge in [0.1, 0.15) is 6.61 Å². The Morgan fingerprint density at radius 2 is 2.10 bits per heavy atom. The minimum Gasteiger partial charge on any atom is -0.485 e. The van der Waals surface area contributed by atoms with Crippen molar-refractivity contribution in [3.05, 3.63) is 59.3 Å². The number of nitriles is 1. The number of aryl methyl sites for hydroxylation is 1. The smallest absolute Gasteiger partial charge is 0.171 e. The summed E-state index contributed by atoms with van der Waals surface area (Å²) in [6.07, 6.45) is 0. The van der Waals surface area contributed by atoms with E-state index in [1.54, 1.807) is 0 Å². The van der Waals surface area contributed by atoms with Gasteiger partial charge in [0.25, 0.3) is 0 Å². The molecule has 3 nitrogen and oxygen atoms in total. The van der Waals surface area contributed by atoms with Crippen LogP contribution in [0.2, 0.25) is 5.15 Å². The van der Waals surface area contributed by atoms with Gasteiger partial charge in [-0.05, 0) is 18.6 Å². The average molecular weight is 285 g/mol. The van der Waals surface area contributed by atoms with Crippen molar-refractivity contribution in [3.63, 3.8) is 0 Å². The van der Waals surface area contributed by atoms with Crippen molar-refractivity contribution in [2.45, 2.75) is 6.92 Å². The summed E-state index contributed by atoms with van der Waals surface area (Å²) in [5.41, 5.74) is 3.12. The van der Waals surface area contributed by atoms with Crippen LogP contribution in [-0.2, 0) is 0 Å². The van der Waals surface area contributed by atoms with E-state index >= 15 is 0 Å². The highest BCUT2D eigenvalue weighted by Gasteiger charge is 2.10. The first-order valence-corrected chi connectivity index (χ1v) is 6.43. The molecule has 100 valence electrons. The quantitative estimate of drug-likeness (QED) is 0.625. The lowest BCUT2D eigenvalue weighted by Gasteiger charge is -2.11. The Hall–Kier alpha value is -2.31. The average Bonchev–Trinajstić information content (AvgIpc) is 2.48. The molecular formula is C16H13ClN2O. The summed E-state index contributed by atoms with van der Waals surface area (Å²) in [6.45, 7) is 5.61. The lowest BCUT2D eigenvalue weighted by atomic mass is 10.1. The summed E-state index contributed by atoms with van der Waals surface area (Å²) in [7, 11) is 0. The molecule has 1 aromatic heterocycles. The zero-order chi connectivity index (χ0) is 14.5. The van der Waals surface area contributed by atoms with Gasteiger partial charge in [-0.25, -0.2) is 4.98 Å². The monoisotopic (exact) mass is 284 g/mol. The van der Waals surface area contributed by atoms with Gasteiger partial charge < -0.3 is 4.74 Å². The van der Waals surface area contributed by atoms with E-state index in [-0.39, 0.29) is 11.8 Å². The highest BCUT2D eigenvalue weighted by Crippen LogP contribution is 2.30. The topological polar surface area (TPSA) is 45.9 Å². The van der Waals surface area contributed by atoms with Crippen molar-refractivity contribution in [3.8, 4) is 23.1 Å². The summed E-state index contributed by atoms with van der Waals surface area (Å²) in [5.74, 6) is 0.459. The molecule has 0 spiro atoms. The first-order valence-electron chi connectivity index (χ1n) is 6.05. The third-order valence-electron chi connectivity index (χ3n) is 2.74. The van der Waals surface area contributed by atoms with E-state index in [4.69, 9.17) is 21.6 Å². The van der Waals surface area contributed by atoms with E-state index in [0.29, 0.717) is 11.3 Å². The van der Waals surface area contributed by atoms with Crippen LogP contribution in [0.3, 0.4) is 0 Å². The maximum atomic E-state index is 8.65. The summed E-state index contributed by atoms with van der Waals surface area (Å²) < 4.78 is 5.44. The number of benzene rings is 1. The van der Waals surface area contributed by atoms with Gasteiger partial charge in [-0.2, -0.15) is 5.26 Å². The minimum atomic E-state index is 0.113. The predicted octanol–water partition coefficient (Wildman–Crippen LogP) is 4.17. The Kier molecular flexibility index (Phi) is 4.39. The van der Waals surface area contributed by atoms with Crippen LogP contribution in [0.5, 0.6) is 5.75 Å². The van der Waals surface area contributed by atoms with Crippen LogP contribution >= 0.6 is 11.6 Å². The molecule has 0 amide bonds. The van der Waals surface area contributed by atoms with Gasteiger partial charge >= 0.3 is 0 Å². The molecular weight excluding hydrogens is 272 g/mol. The van der Waals surface area contributed by atoms with Crippen molar-refractivity contribution >= 4 is 11.6 Å². The summed E-state index contributed by atoms with van der Waals surface area (Å²) in [5, 5.41) is 8.93. The van der Waals surface area contributed by atoms with Crippen molar-refractivity contribution in [1.82, 2.24) is 4.98 Å². The first-order chi connectivity index (χ1) is 9.61. The Balaban J connectivity index is 2.30. The molecule has 0 saturated heterocycles. The SMILES string of the molecule is C=C(C#N)COc1cc(C)c(-c2ccccc2)nc1Cl. The Morgan fingerprint density at radius 3 is 2.75 bits per heavy atom. The van der Waals surface area contributed by atoms with E-state index < -0.39 is 0 Å². The van der Waals surface area contributed by atoms with Crippen molar-refractivity contribution in [1.29, 1.82) is 5.26 Å². The number of aromatic nitrogens is 1. The number of hydrogen-bond acceptors (Lipinski definition) is 3. The van der Waals surface area contributed by atoms with Crippen molar-refractivity contribution in [2.75, 3.05) is 6.61 Å². The predicted molar refractivity (Wildman–Crippen MR) is 79.7 cm³/mol. The van der Waals surface area contributed by atoms with Crippen LogP contribution in [0.25, 0.3) is 11.3 Å². The van der Waals surface area contributed by atoms with Gasteiger partial charge in [-0.3, -0.25) is 0 Å².